The van der Waals surface area contributed by atoms with Gasteiger partial charge in [0.25, 0.3) is 0 Å². The average Bonchev–Trinajstić information content (AvgIpc) is 2.30. The summed E-state index contributed by atoms with van der Waals surface area (Å²) in [4.78, 5) is 0. The molecule has 0 saturated carbocycles. The molecule has 1 aromatic carbocycles. The lowest BCUT2D eigenvalue weighted by Crippen LogP contribution is -2.10. The maximum Gasteiger partial charge on any atom is 0.0441 e. The Morgan fingerprint density at radius 1 is 1.24 bits per heavy atom. The lowest BCUT2D eigenvalue weighted by Gasteiger charge is -2.19. The summed E-state index contributed by atoms with van der Waals surface area (Å²) >= 11 is 6.37. The van der Waals surface area contributed by atoms with Crippen LogP contribution in [0.25, 0.3) is 0 Å². The molecular weight excluding hydrogens is 230 g/mol. The van der Waals surface area contributed by atoms with Crippen molar-refractivity contribution in [2.45, 2.75) is 45.4 Å². The summed E-state index contributed by atoms with van der Waals surface area (Å²) in [5, 5.41) is 0.953. The van der Waals surface area contributed by atoms with Crippen molar-refractivity contribution in [2.75, 3.05) is 6.54 Å². The van der Waals surface area contributed by atoms with E-state index in [-0.39, 0.29) is 0 Å². The third kappa shape index (κ3) is 3.23. The summed E-state index contributed by atoms with van der Waals surface area (Å²) in [6.07, 6.45) is 7.20. The second-order valence-corrected chi connectivity index (χ2v) is 5.71. The van der Waals surface area contributed by atoms with Crippen molar-refractivity contribution >= 4 is 11.6 Å². The summed E-state index contributed by atoms with van der Waals surface area (Å²) in [6.45, 7) is 3.02. The molecule has 1 atom stereocenters. The molecule has 1 aromatic rings. The molecule has 17 heavy (non-hydrogen) atoms. The van der Waals surface area contributed by atoms with Gasteiger partial charge in [0, 0.05) is 5.02 Å². The average molecular weight is 252 g/mol. The van der Waals surface area contributed by atoms with Gasteiger partial charge in [0.15, 0.2) is 0 Å². The molecular formula is C15H22ClN. The van der Waals surface area contributed by atoms with Gasteiger partial charge in [-0.3, -0.25) is 0 Å². The SMILES string of the molecule is CC(CCN)Cc1cc2c(cc1Cl)CCCC2. The Balaban J connectivity index is 2.16. The predicted molar refractivity (Wildman–Crippen MR) is 74.6 cm³/mol. The molecule has 0 bridgehead atoms. The van der Waals surface area contributed by atoms with E-state index in [1.165, 1.54) is 42.4 Å². The van der Waals surface area contributed by atoms with Gasteiger partial charge >= 0.3 is 0 Å². The second kappa shape index (κ2) is 5.88. The van der Waals surface area contributed by atoms with E-state index in [0.29, 0.717) is 5.92 Å². The van der Waals surface area contributed by atoms with Gasteiger partial charge in [-0.2, -0.15) is 0 Å². The second-order valence-electron chi connectivity index (χ2n) is 5.31. The van der Waals surface area contributed by atoms with E-state index in [4.69, 9.17) is 17.3 Å². The number of hydrogen-bond donors (Lipinski definition) is 1. The summed E-state index contributed by atoms with van der Waals surface area (Å²) in [7, 11) is 0. The Kier molecular flexibility index (Phi) is 4.47. The van der Waals surface area contributed by atoms with E-state index in [1.807, 2.05) is 0 Å². The lowest BCUT2D eigenvalue weighted by molar-refractivity contribution is 0.538. The fourth-order valence-corrected chi connectivity index (χ4v) is 2.99. The van der Waals surface area contributed by atoms with Crippen LogP contribution >= 0.6 is 11.6 Å². The first-order valence-corrected chi connectivity index (χ1v) is 7.08. The summed E-state index contributed by atoms with van der Waals surface area (Å²) in [6, 6.07) is 4.53. The molecule has 1 aliphatic rings. The molecule has 0 aromatic heterocycles. The number of benzene rings is 1. The Hall–Kier alpha value is -0.530. The highest BCUT2D eigenvalue weighted by molar-refractivity contribution is 6.31. The number of halogens is 1. The number of fused-ring (bicyclic) bond motifs is 1. The molecule has 1 aliphatic carbocycles. The first-order valence-electron chi connectivity index (χ1n) is 6.71. The zero-order valence-corrected chi connectivity index (χ0v) is 11.4. The van der Waals surface area contributed by atoms with Crippen LogP contribution in [0.1, 0.15) is 42.9 Å². The van der Waals surface area contributed by atoms with Gasteiger partial charge in [-0.25, -0.2) is 0 Å². The van der Waals surface area contributed by atoms with Gasteiger partial charge in [-0.1, -0.05) is 24.6 Å². The van der Waals surface area contributed by atoms with E-state index in [0.717, 1.165) is 24.4 Å². The predicted octanol–water partition coefficient (Wildman–Crippen LogP) is 3.75. The van der Waals surface area contributed by atoms with Crippen LogP contribution in [0, 0.1) is 5.92 Å². The van der Waals surface area contributed by atoms with Gasteiger partial charge in [-0.15, -0.1) is 0 Å². The molecule has 2 rings (SSSR count). The van der Waals surface area contributed by atoms with Crippen LogP contribution < -0.4 is 5.73 Å². The van der Waals surface area contributed by atoms with Crippen molar-refractivity contribution in [1.82, 2.24) is 0 Å². The molecule has 0 heterocycles. The minimum atomic E-state index is 0.624. The van der Waals surface area contributed by atoms with Gasteiger partial charge in [-0.05, 0) is 73.7 Å². The van der Waals surface area contributed by atoms with Crippen molar-refractivity contribution in [2.24, 2.45) is 11.7 Å². The van der Waals surface area contributed by atoms with Crippen LogP contribution in [0.5, 0.6) is 0 Å². The number of rotatable bonds is 4. The molecule has 1 nitrogen and oxygen atoms in total. The van der Waals surface area contributed by atoms with Crippen LogP contribution in [-0.2, 0) is 19.3 Å². The smallest absolute Gasteiger partial charge is 0.0441 e. The molecule has 1 unspecified atom stereocenters. The van der Waals surface area contributed by atoms with Crippen LogP contribution in [0.2, 0.25) is 5.02 Å². The fraction of sp³-hybridized carbons (Fsp3) is 0.600. The molecule has 0 aliphatic heterocycles. The van der Waals surface area contributed by atoms with Crippen molar-refractivity contribution < 1.29 is 0 Å². The zero-order chi connectivity index (χ0) is 12.3. The minimum Gasteiger partial charge on any atom is -0.330 e. The van der Waals surface area contributed by atoms with Crippen LogP contribution in [0.3, 0.4) is 0 Å². The number of nitrogens with two attached hydrogens (primary N) is 1. The Morgan fingerprint density at radius 3 is 2.53 bits per heavy atom. The summed E-state index contributed by atoms with van der Waals surface area (Å²) < 4.78 is 0. The molecule has 0 spiro atoms. The van der Waals surface area contributed by atoms with Crippen molar-refractivity contribution in [1.29, 1.82) is 0 Å². The minimum absolute atomic E-state index is 0.624. The lowest BCUT2D eigenvalue weighted by atomic mass is 9.88. The van der Waals surface area contributed by atoms with Crippen LogP contribution in [0.15, 0.2) is 12.1 Å². The molecule has 2 N–H and O–H groups in total. The van der Waals surface area contributed by atoms with E-state index in [1.54, 1.807) is 0 Å². The van der Waals surface area contributed by atoms with Gasteiger partial charge in [0.05, 0.1) is 0 Å². The summed E-state index contributed by atoms with van der Waals surface area (Å²) in [5.74, 6) is 0.624. The van der Waals surface area contributed by atoms with E-state index in [2.05, 4.69) is 19.1 Å². The van der Waals surface area contributed by atoms with Crippen molar-refractivity contribution in [3.63, 3.8) is 0 Å². The Morgan fingerprint density at radius 2 is 1.88 bits per heavy atom. The zero-order valence-electron chi connectivity index (χ0n) is 10.6. The van der Waals surface area contributed by atoms with E-state index in [9.17, 15) is 0 Å². The fourth-order valence-electron chi connectivity index (χ4n) is 2.73. The third-order valence-electron chi connectivity index (χ3n) is 3.74. The first kappa shape index (κ1) is 12.9. The topological polar surface area (TPSA) is 26.0 Å². The monoisotopic (exact) mass is 251 g/mol. The highest BCUT2D eigenvalue weighted by atomic mass is 35.5. The Labute approximate surface area is 109 Å². The summed E-state index contributed by atoms with van der Waals surface area (Å²) in [5.41, 5.74) is 9.90. The first-order chi connectivity index (χ1) is 8.20. The molecule has 0 saturated heterocycles. The third-order valence-corrected chi connectivity index (χ3v) is 4.09. The van der Waals surface area contributed by atoms with Gasteiger partial charge in [0.1, 0.15) is 0 Å². The standard InChI is InChI=1S/C15H22ClN/c1-11(6-7-17)8-14-9-12-4-2-3-5-13(12)10-15(14)16/h9-11H,2-8,17H2,1H3. The molecule has 2 heteroatoms. The highest BCUT2D eigenvalue weighted by Gasteiger charge is 2.14. The Bertz CT molecular complexity index is 387. The van der Waals surface area contributed by atoms with Crippen LogP contribution in [-0.4, -0.2) is 6.54 Å². The molecule has 0 amide bonds. The highest BCUT2D eigenvalue weighted by Crippen LogP contribution is 2.29. The number of hydrogen-bond acceptors (Lipinski definition) is 1. The molecule has 94 valence electrons. The quantitative estimate of drug-likeness (QED) is 0.867. The van der Waals surface area contributed by atoms with Gasteiger partial charge in [0.2, 0.25) is 0 Å². The maximum atomic E-state index is 6.37. The molecule has 0 radical (unpaired) electrons. The maximum absolute atomic E-state index is 6.37. The van der Waals surface area contributed by atoms with Gasteiger partial charge < -0.3 is 5.73 Å². The van der Waals surface area contributed by atoms with Crippen molar-refractivity contribution in [3.05, 3.63) is 33.8 Å². The van der Waals surface area contributed by atoms with Crippen molar-refractivity contribution in [3.8, 4) is 0 Å². The van der Waals surface area contributed by atoms with E-state index < -0.39 is 0 Å². The molecule has 0 fully saturated rings. The van der Waals surface area contributed by atoms with E-state index >= 15 is 0 Å². The largest absolute Gasteiger partial charge is 0.330 e. The number of aryl methyl sites for hydroxylation is 2. The normalized spacial score (nSPS) is 16.6. The van der Waals surface area contributed by atoms with Crippen LogP contribution in [0.4, 0.5) is 0 Å².